The molecular formula is C40H76O3Si3. The molecule has 0 aromatic rings. The van der Waals surface area contributed by atoms with Crippen molar-refractivity contribution in [2.45, 2.75) is 217 Å². The Bertz CT molecular complexity index is 1090. The Morgan fingerprint density at radius 3 is 1.96 bits per heavy atom. The maximum atomic E-state index is 8.14. The van der Waals surface area contributed by atoms with E-state index < -0.39 is 24.7 Å². The van der Waals surface area contributed by atoms with Crippen molar-refractivity contribution in [2.75, 3.05) is 0 Å². The molecule has 266 valence electrons. The van der Waals surface area contributed by atoms with Crippen molar-refractivity contribution < 1.29 is 13.6 Å². The molecule has 9 atom stereocenters. The van der Waals surface area contributed by atoms with Gasteiger partial charge in [0, 0.05) is 5.41 Å². The number of fused-ring (bicyclic) bond motifs is 5. The normalized spacial score (nSPS) is 43.2. The molecule has 0 N–H and O–H groups in total. The van der Waals surface area contributed by atoms with Crippen LogP contribution in [0.15, 0.2) is 0 Å². The Labute approximate surface area is 289 Å². The predicted molar refractivity (Wildman–Crippen MR) is 203 cm³/mol. The molecule has 5 aliphatic carbocycles. The first-order valence-corrected chi connectivity index (χ1v) is 29.5. The lowest BCUT2D eigenvalue weighted by Gasteiger charge is -2.64. The molecule has 0 aromatic heterocycles. The van der Waals surface area contributed by atoms with Gasteiger partial charge in [-0.05, 0) is 143 Å². The van der Waals surface area contributed by atoms with E-state index in [9.17, 15) is 0 Å². The average Bonchev–Trinajstić information content (AvgIpc) is 3.67. The minimum Gasteiger partial charge on any atom is -0.412 e. The zero-order valence-electron chi connectivity index (χ0n) is 32.7. The van der Waals surface area contributed by atoms with Crippen LogP contribution in [0.4, 0.5) is 0 Å². The monoisotopic (exact) mass is 689 g/mol. The van der Waals surface area contributed by atoms with Crippen LogP contribution in [0, 0.1) is 34.5 Å². The summed E-state index contributed by atoms with van der Waals surface area (Å²) in [5, 5.41) is 0.518. The number of hydrogen-bond donors (Lipinski definition) is 0. The van der Waals surface area contributed by atoms with Crippen LogP contribution >= 0.6 is 0 Å². The van der Waals surface area contributed by atoms with Gasteiger partial charge in [0.05, 0.1) is 31.1 Å². The standard InChI is InChI=1S/C40H76O3Si3/c1-30(42-45(10,11)12)40(43-46(36(2,3)4)27-15-16-28-46)26-21-35-33-18-17-31-29-32(41-39(44(7,8)9)22-13-14-23-39)19-24-37(31,5)34(33)20-25-38(35,40)6/h30-35H,13-29H2,1-12H3/t30-,31-,32-,33?,34?,35?,37+,38+,40+/m1/s1. The van der Waals surface area contributed by atoms with Crippen LogP contribution in [0.25, 0.3) is 0 Å². The van der Waals surface area contributed by atoms with Crippen LogP contribution in [0.1, 0.15) is 138 Å². The second-order valence-corrected chi connectivity index (χ2v) is 36.0. The van der Waals surface area contributed by atoms with Gasteiger partial charge in [-0.2, -0.15) is 0 Å². The van der Waals surface area contributed by atoms with E-state index in [4.69, 9.17) is 13.6 Å². The van der Waals surface area contributed by atoms with Gasteiger partial charge in [0.25, 0.3) is 0 Å². The fourth-order valence-corrected chi connectivity index (χ4v) is 22.2. The molecule has 1 saturated heterocycles. The summed E-state index contributed by atoms with van der Waals surface area (Å²) in [6.45, 7) is 30.4. The summed E-state index contributed by atoms with van der Waals surface area (Å²) in [5.41, 5.74) is 0.588. The van der Waals surface area contributed by atoms with Gasteiger partial charge < -0.3 is 13.6 Å². The van der Waals surface area contributed by atoms with Gasteiger partial charge in [-0.1, -0.05) is 79.9 Å². The highest BCUT2D eigenvalue weighted by molar-refractivity contribution is 6.79. The molecule has 3 nitrogen and oxygen atoms in total. The molecule has 1 aliphatic heterocycles. The molecule has 6 aliphatic rings. The van der Waals surface area contributed by atoms with E-state index in [1.165, 1.54) is 108 Å². The third kappa shape index (κ3) is 5.81. The summed E-state index contributed by atoms with van der Waals surface area (Å²) in [6, 6.07) is 2.71. The van der Waals surface area contributed by atoms with Crippen LogP contribution in [0.5, 0.6) is 0 Å². The highest BCUT2D eigenvalue weighted by Gasteiger charge is 2.69. The van der Waals surface area contributed by atoms with E-state index in [2.05, 4.69) is 80.8 Å². The van der Waals surface area contributed by atoms with Gasteiger partial charge in [-0.3, -0.25) is 0 Å². The molecule has 6 heteroatoms. The minimum atomic E-state index is -1.94. The van der Waals surface area contributed by atoms with Crippen molar-refractivity contribution in [1.29, 1.82) is 0 Å². The maximum Gasteiger partial charge on any atom is 0.199 e. The highest BCUT2D eigenvalue weighted by Crippen LogP contribution is 2.71. The molecule has 0 aromatic carbocycles. The Balaban J connectivity index is 1.25. The molecule has 3 unspecified atom stereocenters. The van der Waals surface area contributed by atoms with E-state index in [0.717, 1.165) is 23.7 Å². The van der Waals surface area contributed by atoms with Crippen LogP contribution in [0.3, 0.4) is 0 Å². The molecule has 46 heavy (non-hydrogen) atoms. The number of ether oxygens (including phenoxy) is 1. The first-order chi connectivity index (χ1) is 21.2. The van der Waals surface area contributed by atoms with E-state index in [-0.39, 0.29) is 27.4 Å². The Kier molecular flexibility index (Phi) is 9.52. The van der Waals surface area contributed by atoms with Crippen molar-refractivity contribution in [2.24, 2.45) is 34.5 Å². The molecule has 0 spiro atoms. The van der Waals surface area contributed by atoms with Gasteiger partial charge >= 0.3 is 0 Å². The van der Waals surface area contributed by atoms with E-state index in [1.54, 1.807) is 0 Å². The lowest BCUT2D eigenvalue weighted by Crippen LogP contribution is -2.65. The largest absolute Gasteiger partial charge is 0.412 e. The predicted octanol–water partition coefficient (Wildman–Crippen LogP) is 12.1. The van der Waals surface area contributed by atoms with Crippen molar-refractivity contribution in [1.82, 2.24) is 0 Å². The topological polar surface area (TPSA) is 27.7 Å². The van der Waals surface area contributed by atoms with Crippen LogP contribution < -0.4 is 0 Å². The lowest BCUT2D eigenvalue weighted by atomic mass is 9.44. The van der Waals surface area contributed by atoms with Crippen LogP contribution in [-0.4, -0.2) is 47.7 Å². The maximum absolute atomic E-state index is 8.14. The van der Waals surface area contributed by atoms with E-state index >= 15 is 0 Å². The summed E-state index contributed by atoms with van der Waals surface area (Å²) in [7, 11) is -5.05. The van der Waals surface area contributed by atoms with Crippen molar-refractivity contribution in [3.63, 3.8) is 0 Å². The van der Waals surface area contributed by atoms with Crippen LogP contribution in [-0.2, 0) is 13.6 Å². The summed E-state index contributed by atoms with van der Waals surface area (Å²) < 4.78 is 22.7. The van der Waals surface area contributed by atoms with E-state index in [1.807, 2.05) is 0 Å². The Morgan fingerprint density at radius 1 is 0.739 bits per heavy atom. The van der Waals surface area contributed by atoms with Gasteiger partial charge in [0.2, 0.25) is 0 Å². The summed E-state index contributed by atoms with van der Waals surface area (Å²) >= 11 is 0. The number of hydrogen-bond acceptors (Lipinski definition) is 3. The average molecular weight is 689 g/mol. The Hall–Kier alpha value is 0.531. The summed E-state index contributed by atoms with van der Waals surface area (Å²) in [5.74, 6) is 3.38. The van der Waals surface area contributed by atoms with Crippen molar-refractivity contribution >= 4 is 24.7 Å². The SMILES string of the molecule is C[C@@H](O[Si](C)(C)C)[C@@]1(O[Si]2(C(C)(C)C)CCCC2)CCC2C3CC[C@@H]4C[C@H](OC5([Si](C)(C)C)CCCC5)CC[C@]4(C)C3CC[C@@]21C. The molecular weight excluding hydrogens is 613 g/mol. The van der Waals surface area contributed by atoms with Gasteiger partial charge in [0.15, 0.2) is 16.6 Å². The molecule has 1 heterocycles. The van der Waals surface area contributed by atoms with Gasteiger partial charge in [0.1, 0.15) is 0 Å². The highest BCUT2D eigenvalue weighted by atomic mass is 28.4. The first-order valence-electron chi connectivity index (χ1n) is 20.3. The fourth-order valence-electron chi connectivity index (χ4n) is 13.5. The minimum absolute atomic E-state index is 0.123. The zero-order valence-corrected chi connectivity index (χ0v) is 35.7. The fraction of sp³-hybridized carbons (Fsp3) is 1.00. The molecule has 0 amide bonds. The molecule has 0 bridgehead atoms. The Morgan fingerprint density at radius 2 is 1.37 bits per heavy atom. The summed E-state index contributed by atoms with van der Waals surface area (Å²) in [6.07, 6.45) is 21.1. The molecule has 0 radical (unpaired) electrons. The van der Waals surface area contributed by atoms with Crippen molar-refractivity contribution in [3.05, 3.63) is 0 Å². The third-order valence-corrected chi connectivity index (χ3v) is 26.5. The second-order valence-electron chi connectivity index (χ2n) is 21.4. The van der Waals surface area contributed by atoms with Crippen LogP contribution in [0.2, 0.25) is 56.4 Å². The number of rotatable bonds is 8. The quantitative estimate of drug-likeness (QED) is 0.238. The smallest absolute Gasteiger partial charge is 0.199 e. The summed E-state index contributed by atoms with van der Waals surface area (Å²) in [4.78, 5) is 0. The van der Waals surface area contributed by atoms with Crippen molar-refractivity contribution in [3.8, 4) is 0 Å². The second kappa shape index (κ2) is 12.1. The molecule has 5 saturated carbocycles. The van der Waals surface area contributed by atoms with Gasteiger partial charge in [-0.25, -0.2) is 0 Å². The molecule has 6 rings (SSSR count). The third-order valence-electron chi connectivity index (χ3n) is 16.3. The molecule has 6 fully saturated rings. The zero-order chi connectivity index (χ0) is 33.6. The van der Waals surface area contributed by atoms with E-state index in [0.29, 0.717) is 11.5 Å². The first kappa shape index (κ1) is 36.3. The lowest BCUT2D eigenvalue weighted by molar-refractivity contribution is -0.183. The van der Waals surface area contributed by atoms with Gasteiger partial charge in [-0.15, -0.1) is 0 Å².